The number of piperidine rings is 1. The Hall–Kier alpha value is -3.64. The van der Waals surface area contributed by atoms with Gasteiger partial charge in [-0.05, 0) is 79.1 Å². The second-order valence-electron chi connectivity index (χ2n) is 11.7. The molecule has 1 amide bonds. The molecule has 2 atom stereocenters. The number of rotatable bonds is 16. The number of likely N-dealkylation sites (tertiary alicyclic amines) is 1. The summed E-state index contributed by atoms with van der Waals surface area (Å²) in [5.41, 5.74) is 8.27. The minimum absolute atomic E-state index is 0.0186. The van der Waals surface area contributed by atoms with Gasteiger partial charge in [-0.2, -0.15) is 4.31 Å². The molecule has 46 heavy (non-hydrogen) atoms. The van der Waals surface area contributed by atoms with Crippen LogP contribution in [0.2, 0.25) is 0 Å². The first-order chi connectivity index (χ1) is 22.2. The second kappa shape index (κ2) is 17.3. The number of nitrogens with two attached hydrogens (primary N) is 1. The molecule has 0 spiro atoms. The zero-order valence-electron chi connectivity index (χ0n) is 26.8. The van der Waals surface area contributed by atoms with Crippen LogP contribution in [0.3, 0.4) is 0 Å². The molecule has 4 rings (SSSR count). The van der Waals surface area contributed by atoms with Crippen molar-refractivity contribution >= 4 is 16.1 Å². The van der Waals surface area contributed by atoms with Gasteiger partial charge >= 0.3 is 6.09 Å². The van der Waals surface area contributed by atoms with Crippen molar-refractivity contribution in [2.45, 2.75) is 62.7 Å². The van der Waals surface area contributed by atoms with E-state index in [-0.39, 0.29) is 36.6 Å². The second-order valence-corrected chi connectivity index (χ2v) is 13.7. The van der Waals surface area contributed by atoms with E-state index >= 15 is 0 Å². The van der Waals surface area contributed by atoms with Crippen LogP contribution in [0.15, 0.2) is 83.8 Å². The van der Waals surface area contributed by atoms with Gasteiger partial charge in [0, 0.05) is 32.2 Å². The molecule has 1 aliphatic heterocycles. The summed E-state index contributed by atoms with van der Waals surface area (Å²) in [7, 11) is -2.45. The van der Waals surface area contributed by atoms with E-state index in [0.717, 1.165) is 29.7 Å². The molecule has 1 aliphatic rings. The molecule has 11 heteroatoms. The number of hydrogen-bond acceptors (Lipinski definition) is 8. The number of carbonyl (C=O) groups excluding carboxylic acids is 1. The Morgan fingerprint density at radius 2 is 1.63 bits per heavy atom. The number of ether oxygens (including phenoxy) is 3. The van der Waals surface area contributed by atoms with Gasteiger partial charge in [0.1, 0.15) is 18.1 Å². The molecule has 0 bridgehead atoms. The highest BCUT2D eigenvalue weighted by molar-refractivity contribution is 7.89. The van der Waals surface area contributed by atoms with Crippen molar-refractivity contribution in [3.05, 3.63) is 90.0 Å². The monoisotopic (exact) mass is 653 g/mol. The number of hydrogen-bond donors (Lipinski definition) is 2. The van der Waals surface area contributed by atoms with Crippen molar-refractivity contribution in [1.82, 2.24) is 9.21 Å². The minimum Gasteiger partial charge on any atom is -0.497 e. The van der Waals surface area contributed by atoms with Crippen molar-refractivity contribution in [3.63, 3.8) is 0 Å². The van der Waals surface area contributed by atoms with Crippen LogP contribution in [-0.2, 0) is 27.8 Å². The molecule has 0 aromatic heterocycles. The number of aliphatic hydroxyl groups excluding tert-OH is 1. The molecule has 3 aromatic carbocycles. The van der Waals surface area contributed by atoms with Gasteiger partial charge in [0.05, 0.1) is 24.7 Å². The van der Waals surface area contributed by atoms with Crippen LogP contribution in [0.1, 0.15) is 43.7 Å². The molecule has 0 saturated carbocycles. The van der Waals surface area contributed by atoms with E-state index < -0.39 is 22.2 Å². The van der Waals surface area contributed by atoms with Crippen LogP contribution < -0.4 is 15.2 Å². The van der Waals surface area contributed by atoms with Crippen LogP contribution >= 0.6 is 0 Å². The van der Waals surface area contributed by atoms with Crippen molar-refractivity contribution < 1.29 is 32.5 Å². The summed E-state index contributed by atoms with van der Waals surface area (Å²) in [4.78, 5) is 14.4. The first-order valence-corrected chi connectivity index (χ1v) is 17.4. The van der Waals surface area contributed by atoms with E-state index in [1.807, 2.05) is 54.6 Å². The molecule has 250 valence electrons. The first kappa shape index (κ1) is 35.2. The smallest absolute Gasteiger partial charge is 0.410 e. The van der Waals surface area contributed by atoms with E-state index in [4.69, 9.17) is 19.9 Å². The number of carbonyl (C=O) groups is 1. The van der Waals surface area contributed by atoms with Crippen LogP contribution in [0.5, 0.6) is 11.5 Å². The molecule has 3 aromatic rings. The average molecular weight is 654 g/mol. The number of amides is 1. The normalized spacial score (nSPS) is 15.4. The Morgan fingerprint density at radius 1 is 0.978 bits per heavy atom. The summed E-state index contributed by atoms with van der Waals surface area (Å²) in [5.74, 6) is 1.30. The summed E-state index contributed by atoms with van der Waals surface area (Å²) >= 11 is 0. The lowest BCUT2D eigenvalue weighted by Gasteiger charge is -2.35. The highest BCUT2D eigenvalue weighted by Gasteiger charge is 2.33. The number of unbranched alkanes of at least 4 members (excludes halogenated alkanes) is 1. The maximum absolute atomic E-state index is 13.9. The van der Waals surface area contributed by atoms with Gasteiger partial charge < -0.3 is 30.0 Å². The predicted molar refractivity (Wildman–Crippen MR) is 177 cm³/mol. The Labute approximate surface area is 273 Å². The molecule has 1 heterocycles. The molecule has 0 radical (unpaired) electrons. The lowest BCUT2D eigenvalue weighted by atomic mass is 9.96. The van der Waals surface area contributed by atoms with Gasteiger partial charge in [0.15, 0.2) is 0 Å². The van der Waals surface area contributed by atoms with Gasteiger partial charge in [-0.25, -0.2) is 13.2 Å². The van der Waals surface area contributed by atoms with Gasteiger partial charge in [-0.1, -0.05) is 55.8 Å². The molecule has 1 saturated heterocycles. The van der Waals surface area contributed by atoms with Crippen LogP contribution in [-0.4, -0.2) is 80.9 Å². The molecular weight excluding hydrogens is 606 g/mol. The summed E-state index contributed by atoms with van der Waals surface area (Å²) < 4.78 is 45.5. The van der Waals surface area contributed by atoms with E-state index in [9.17, 15) is 18.3 Å². The Morgan fingerprint density at radius 3 is 2.26 bits per heavy atom. The Balaban J connectivity index is 1.39. The Kier molecular flexibility index (Phi) is 13.3. The SMILES string of the molecule is CCCCOc1ccc(C[C@H](N)[C@H](O)CN(CC2CCN(C(=O)OCc3ccccc3)CC2)S(=O)(=O)c2ccc(OC)cc2)cc1. The third-order valence-electron chi connectivity index (χ3n) is 8.28. The van der Waals surface area contributed by atoms with E-state index in [1.165, 1.54) is 23.5 Å². The molecule has 0 unspecified atom stereocenters. The summed E-state index contributed by atoms with van der Waals surface area (Å²) in [6.07, 6.45) is 2.12. The number of sulfonamides is 1. The van der Waals surface area contributed by atoms with Gasteiger partial charge in [0.25, 0.3) is 0 Å². The maximum atomic E-state index is 13.9. The Bertz CT molecular complexity index is 1450. The van der Waals surface area contributed by atoms with Crippen LogP contribution in [0.4, 0.5) is 4.79 Å². The molecular formula is C35H47N3O7S. The zero-order valence-corrected chi connectivity index (χ0v) is 27.6. The standard InChI is InChI=1S/C35H47N3O7S/c1-3-4-22-44-31-12-10-27(11-13-31)23-33(36)34(39)25-38(46(41,42)32-16-14-30(43-2)15-17-32)24-28-18-20-37(21-19-28)35(40)45-26-29-8-6-5-7-9-29/h5-17,28,33-34,39H,3-4,18-26,36H2,1-2H3/t33-,34+/m0/s1. The van der Waals surface area contributed by atoms with Gasteiger partial charge in [-0.3, -0.25) is 0 Å². The fourth-order valence-electron chi connectivity index (χ4n) is 5.37. The van der Waals surface area contributed by atoms with E-state index in [1.54, 1.807) is 17.0 Å². The summed E-state index contributed by atoms with van der Waals surface area (Å²) in [6, 6.07) is 22.6. The van der Waals surface area contributed by atoms with Gasteiger partial charge in [0.2, 0.25) is 10.0 Å². The quantitative estimate of drug-likeness (QED) is 0.210. The minimum atomic E-state index is -3.97. The zero-order chi connectivity index (χ0) is 32.9. The summed E-state index contributed by atoms with van der Waals surface area (Å²) in [6.45, 7) is 3.90. The lowest BCUT2D eigenvalue weighted by Crippen LogP contribution is -2.49. The van der Waals surface area contributed by atoms with Crippen LogP contribution in [0.25, 0.3) is 0 Å². The number of nitrogens with zero attached hydrogens (tertiary/aromatic N) is 2. The van der Waals surface area contributed by atoms with Crippen molar-refractivity contribution in [1.29, 1.82) is 0 Å². The van der Waals surface area contributed by atoms with Crippen molar-refractivity contribution in [3.8, 4) is 11.5 Å². The lowest BCUT2D eigenvalue weighted by molar-refractivity contribution is 0.0766. The third-order valence-corrected chi connectivity index (χ3v) is 10.1. The highest BCUT2D eigenvalue weighted by Crippen LogP contribution is 2.26. The topological polar surface area (TPSA) is 132 Å². The molecule has 0 aliphatic carbocycles. The molecule has 3 N–H and O–H groups in total. The largest absolute Gasteiger partial charge is 0.497 e. The van der Waals surface area contributed by atoms with Crippen LogP contribution in [0, 0.1) is 5.92 Å². The first-order valence-electron chi connectivity index (χ1n) is 15.9. The third kappa shape index (κ3) is 10.2. The predicted octanol–water partition coefficient (Wildman–Crippen LogP) is 4.84. The number of benzene rings is 3. The average Bonchev–Trinajstić information content (AvgIpc) is 3.08. The fraction of sp³-hybridized carbons (Fsp3) is 0.457. The number of methoxy groups -OCH3 is 1. The fourth-order valence-corrected chi connectivity index (χ4v) is 6.91. The van der Waals surface area contributed by atoms with E-state index in [2.05, 4.69) is 6.92 Å². The van der Waals surface area contributed by atoms with Crippen molar-refractivity contribution in [2.75, 3.05) is 39.9 Å². The van der Waals surface area contributed by atoms with Gasteiger partial charge in [-0.15, -0.1) is 0 Å². The maximum Gasteiger partial charge on any atom is 0.410 e. The van der Waals surface area contributed by atoms with Crippen molar-refractivity contribution in [2.24, 2.45) is 11.7 Å². The number of aliphatic hydroxyl groups is 1. The summed E-state index contributed by atoms with van der Waals surface area (Å²) in [5, 5.41) is 11.2. The highest BCUT2D eigenvalue weighted by atomic mass is 32.2. The molecule has 1 fully saturated rings. The molecule has 10 nitrogen and oxygen atoms in total. The van der Waals surface area contributed by atoms with E-state index in [0.29, 0.717) is 44.7 Å².